The SMILES string of the molecule is c1ccc(C(NN2CCOCC2)C2CCCCC2)cc1. The standard InChI is InChI=1S/C17H26N2O/c1-3-7-15(8-4-1)17(16-9-5-2-6-10-16)18-19-11-13-20-14-12-19/h1,3-4,7-8,16-18H,2,5-6,9-14H2. The minimum atomic E-state index is 0.467. The molecule has 0 radical (unpaired) electrons. The van der Waals surface area contributed by atoms with E-state index < -0.39 is 0 Å². The van der Waals surface area contributed by atoms with Crippen molar-refractivity contribution in [3.8, 4) is 0 Å². The second-order valence-corrected chi connectivity index (χ2v) is 6.01. The zero-order chi connectivity index (χ0) is 13.6. The molecule has 1 aromatic rings. The number of ether oxygens (including phenoxy) is 1. The van der Waals surface area contributed by atoms with Gasteiger partial charge >= 0.3 is 0 Å². The quantitative estimate of drug-likeness (QED) is 0.913. The summed E-state index contributed by atoms with van der Waals surface area (Å²) in [5, 5.41) is 2.36. The van der Waals surface area contributed by atoms with Crippen molar-refractivity contribution >= 4 is 0 Å². The first-order valence-corrected chi connectivity index (χ1v) is 8.07. The molecule has 1 N–H and O–H groups in total. The van der Waals surface area contributed by atoms with Crippen LogP contribution in [0.15, 0.2) is 30.3 Å². The fraction of sp³-hybridized carbons (Fsp3) is 0.647. The topological polar surface area (TPSA) is 24.5 Å². The number of benzene rings is 1. The Morgan fingerprint density at radius 2 is 1.70 bits per heavy atom. The molecule has 0 spiro atoms. The van der Waals surface area contributed by atoms with Gasteiger partial charge in [-0.1, -0.05) is 49.6 Å². The van der Waals surface area contributed by atoms with Gasteiger partial charge in [0.05, 0.1) is 13.2 Å². The lowest BCUT2D eigenvalue weighted by atomic mass is 9.81. The molecule has 2 fully saturated rings. The van der Waals surface area contributed by atoms with Crippen molar-refractivity contribution in [1.29, 1.82) is 0 Å². The molecule has 3 rings (SSSR count). The summed E-state index contributed by atoms with van der Waals surface area (Å²) >= 11 is 0. The van der Waals surface area contributed by atoms with Crippen LogP contribution in [0.2, 0.25) is 0 Å². The summed E-state index contributed by atoms with van der Waals surface area (Å²) < 4.78 is 5.45. The molecule has 1 aliphatic heterocycles. The molecule has 1 aliphatic carbocycles. The second kappa shape index (κ2) is 7.21. The lowest BCUT2D eigenvalue weighted by Gasteiger charge is -2.37. The van der Waals surface area contributed by atoms with Gasteiger partial charge in [0.1, 0.15) is 0 Å². The number of nitrogens with zero attached hydrogens (tertiary/aromatic N) is 1. The second-order valence-electron chi connectivity index (χ2n) is 6.01. The van der Waals surface area contributed by atoms with Crippen molar-refractivity contribution in [3.05, 3.63) is 35.9 Å². The normalized spacial score (nSPS) is 23.6. The molecule has 1 saturated heterocycles. The van der Waals surface area contributed by atoms with E-state index in [2.05, 4.69) is 40.8 Å². The number of hydrogen-bond donors (Lipinski definition) is 1. The third-order valence-electron chi connectivity index (χ3n) is 4.61. The summed E-state index contributed by atoms with van der Waals surface area (Å²) in [6.45, 7) is 3.68. The van der Waals surface area contributed by atoms with Crippen molar-refractivity contribution < 1.29 is 4.74 Å². The summed E-state index contributed by atoms with van der Waals surface area (Å²) in [5.74, 6) is 0.772. The van der Waals surface area contributed by atoms with Crippen LogP contribution in [0.3, 0.4) is 0 Å². The first-order chi connectivity index (χ1) is 9.93. The van der Waals surface area contributed by atoms with Crippen molar-refractivity contribution in [2.45, 2.75) is 38.1 Å². The van der Waals surface area contributed by atoms with Gasteiger partial charge in [-0.2, -0.15) is 0 Å². The van der Waals surface area contributed by atoms with Crippen LogP contribution in [0.5, 0.6) is 0 Å². The average molecular weight is 274 g/mol. The molecule has 3 heteroatoms. The van der Waals surface area contributed by atoms with Crippen LogP contribution in [0.4, 0.5) is 0 Å². The van der Waals surface area contributed by atoms with E-state index in [1.54, 1.807) is 0 Å². The molecule has 3 nitrogen and oxygen atoms in total. The minimum absolute atomic E-state index is 0.467. The van der Waals surface area contributed by atoms with Gasteiger partial charge in [0.15, 0.2) is 0 Å². The van der Waals surface area contributed by atoms with E-state index in [4.69, 9.17) is 4.74 Å². The molecule has 110 valence electrons. The van der Waals surface area contributed by atoms with Gasteiger partial charge in [0.25, 0.3) is 0 Å². The first-order valence-electron chi connectivity index (χ1n) is 8.07. The number of hydrogen-bond acceptors (Lipinski definition) is 3. The molecule has 1 saturated carbocycles. The predicted octanol–water partition coefficient (Wildman–Crippen LogP) is 3.14. The highest BCUT2D eigenvalue weighted by Gasteiger charge is 2.27. The molecule has 1 unspecified atom stereocenters. The van der Waals surface area contributed by atoms with Gasteiger partial charge in [0, 0.05) is 19.1 Å². The van der Waals surface area contributed by atoms with Gasteiger partial charge in [0.2, 0.25) is 0 Å². The predicted molar refractivity (Wildman–Crippen MR) is 81.3 cm³/mol. The van der Waals surface area contributed by atoms with E-state index in [1.165, 1.54) is 37.7 Å². The lowest BCUT2D eigenvalue weighted by Crippen LogP contribution is -2.48. The third-order valence-corrected chi connectivity index (χ3v) is 4.61. The Balaban J connectivity index is 1.72. The molecule has 20 heavy (non-hydrogen) atoms. The zero-order valence-corrected chi connectivity index (χ0v) is 12.3. The summed E-state index contributed by atoms with van der Waals surface area (Å²) in [6.07, 6.45) is 6.90. The molecule has 1 aromatic carbocycles. The Hall–Kier alpha value is -0.900. The zero-order valence-electron chi connectivity index (χ0n) is 12.3. The minimum Gasteiger partial charge on any atom is -0.379 e. The van der Waals surface area contributed by atoms with Gasteiger partial charge in [-0.05, 0) is 24.3 Å². The molecule has 0 bridgehead atoms. The van der Waals surface area contributed by atoms with Gasteiger partial charge in [-0.25, -0.2) is 10.4 Å². The maximum Gasteiger partial charge on any atom is 0.0608 e. The number of rotatable bonds is 4. The Labute approximate surface area is 122 Å². The molecular formula is C17H26N2O. The Morgan fingerprint density at radius 1 is 1.00 bits per heavy atom. The van der Waals surface area contributed by atoms with Gasteiger partial charge in [-0.3, -0.25) is 0 Å². The van der Waals surface area contributed by atoms with E-state index >= 15 is 0 Å². The molecule has 2 aliphatic rings. The van der Waals surface area contributed by atoms with E-state index in [9.17, 15) is 0 Å². The Kier molecular flexibility index (Phi) is 5.06. The smallest absolute Gasteiger partial charge is 0.0608 e. The van der Waals surface area contributed by atoms with Crippen LogP contribution in [-0.2, 0) is 4.74 Å². The molecule has 0 aromatic heterocycles. The van der Waals surface area contributed by atoms with Crippen LogP contribution < -0.4 is 5.43 Å². The van der Waals surface area contributed by atoms with Gasteiger partial charge in [-0.15, -0.1) is 0 Å². The highest BCUT2D eigenvalue weighted by atomic mass is 16.5. The highest BCUT2D eigenvalue weighted by Crippen LogP contribution is 2.34. The van der Waals surface area contributed by atoms with E-state index in [0.717, 1.165) is 32.2 Å². The largest absolute Gasteiger partial charge is 0.379 e. The maximum atomic E-state index is 5.45. The molecular weight excluding hydrogens is 248 g/mol. The van der Waals surface area contributed by atoms with Crippen LogP contribution in [0.1, 0.15) is 43.7 Å². The number of hydrazine groups is 1. The third kappa shape index (κ3) is 3.60. The fourth-order valence-electron chi connectivity index (χ4n) is 3.47. The summed E-state index contributed by atoms with van der Waals surface area (Å²) in [6, 6.07) is 11.4. The van der Waals surface area contributed by atoms with Crippen LogP contribution in [0, 0.1) is 5.92 Å². The first kappa shape index (κ1) is 14.1. The number of nitrogens with one attached hydrogen (secondary N) is 1. The monoisotopic (exact) mass is 274 g/mol. The summed E-state index contributed by atoms with van der Waals surface area (Å²) in [7, 11) is 0. The van der Waals surface area contributed by atoms with Crippen molar-refractivity contribution in [3.63, 3.8) is 0 Å². The van der Waals surface area contributed by atoms with E-state index in [0.29, 0.717) is 6.04 Å². The number of morpholine rings is 1. The molecule has 0 amide bonds. The van der Waals surface area contributed by atoms with Crippen molar-refractivity contribution in [2.24, 2.45) is 5.92 Å². The lowest BCUT2D eigenvalue weighted by molar-refractivity contribution is -0.00457. The van der Waals surface area contributed by atoms with E-state index in [1.807, 2.05) is 0 Å². The van der Waals surface area contributed by atoms with E-state index in [-0.39, 0.29) is 0 Å². The van der Waals surface area contributed by atoms with Crippen LogP contribution >= 0.6 is 0 Å². The fourth-order valence-corrected chi connectivity index (χ4v) is 3.47. The van der Waals surface area contributed by atoms with Crippen LogP contribution in [0.25, 0.3) is 0 Å². The highest BCUT2D eigenvalue weighted by molar-refractivity contribution is 5.19. The van der Waals surface area contributed by atoms with Crippen molar-refractivity contribution in [1.82, 2.24) is 10.4 Å². The summed E-state index contributed by atoms with van der Waals surface area (Å²) in [5.41, 5.74) is 5.23. The van der Waals surface area contributed by atoms with Crippen molar-refractivity contribution in [2.75, 3.05) is 26.3 Å². The van der Waals surface area contributed by atoms with Gasteiger partial charge < -0.3 is 4.74 Å². The Morgan fingerprint density at radius 3 is 2.40 bits per heavy atom. The maximum absolute atomic E-state index is 5.45. The van der Waals surface area contributed by atoms with Crippen LogP contribution in [-0.4, -0.2) is 31.3 Å². The molecule has 1 heterocycles. The summed E-state index contributed by atoms with van der Waals surface area (Å²) in [4.78, 5) is 0. The average Bonchev–Trinajstić information content (AvgIpc) is 2.55. The molecule has 1 atom stereocenters. The Bertz CT molecular complexity index is 383.